The van der Waals surface area contributed by atoms with E-state index in [1.54, 1.807) is 12.1 Å². The number of piperidine rings is 1. The van der Waals surface area contributed by atoms with E-state index < -0.39 is 11.4 Å². The lowest BCUT2D eigenvalue weighted by molar-refractivity contribution is 0.164. The van der Waals surface area contributed by atoms with Crippen molar-refractivity contribution < 1.29 is 8.94 Å². The minimum absolute atomic E-state index is 0.138. The Balaban J connectivity index is 1.72. The predicted octanol–water partition coefficient (Wildman–Crippen LogP) is 2.45. The van der Waals surface area contributed by atoms with Gasteiger partial charge in [0.2, 0.25) is 0 Å². The van der Waals surface area contributed by atoms with Crippen LogP contribution in [-0.4, -0.2) is 21.9 Å². The van der Waals surface area contributed by atoms with E-state index in [1.165, 1.54) is 11.1 Å². The number of nitrogens with one attached hydrogen (secondary N) is 1. The van der Waals surface area contributed by atoms with Gasteiger partial charge in [-0.05, 0) is 74.8 Å². The standard InChI is InChI=1S/C17H25FN2OS/c1-16(2,22(19)21)10-15-11-17(5-6-20-15)8-12-3-4-14(18)7-13(12)9-17/h3-4,7,15,20H,5-6,8-11,19H2,1-2H3/t15?,17?,22-/m1/s1. The minimum Gasteiger partial charge on any atom is -0.598 e. The molecule has 1 aromatic rings. The van der Waals surface area contributed by atoms with Crippen LogP contribution in [0.5, 0.6) is 0 Å². The van der Waals surface area contributed by atoms with Crippen LogP contribution in [0.3, 0.4) is 0 Å². The highest BCUT2D eigenvalue weighted by molar-refractivity contribution is 7.90. The highest BCUT2D eigenvalue weighted by atomic mass is 32.2. The number of nitrogens with two attached hydrogens (primary N) is 1. The van der Waals surface area contributed by atoms with E-state index in [1.807, 2.05) is 19.9 Å². The van der Waals surface area contributed by atoms with Gasteiger partial charge in [0, 0.05) is 23.8 Å². The Labute approximate surface area is 135 Å². The smallest absolute Gasteiger partial charge is 0.140 e. The number of fused-ring (bicyclic) bond motifs is 1. The Morgan fingerprint density at radius 1 is 1.41 bits per heavy atom. The van der Waals surface area contributed by atoms with Gasteiger partial charge in [-0.1, -0.05) is 6.07 Å². The first-order valence-corrected chi connectivity index (χ1v) is 9.18. The molecule has 0 saturated carbocycles. The molecule has 1 aromatic carbocycles. The molecule has 2 aliphatic rings. The molecule has 3 atom stereocenters. The largest absolute Gasteiger partial charge is 0.598 e. The van der Waals surface area contributed by atoms with Crippen molar-refractivity contribution in [3.05, 3.63) is 35.1 Å². The van der Waals surface area contributed by atoms with E-state index in [4.69, 9.17) is 5.14 Å². The topological polar surface area (TPSA) is 61.1 Å². The van der Waals surface area contributed by atoms with Crippen LogP contribution < -0.4 is 10.5 Å². The number of hydrogen-bond donors (Lipinski definition) is 2. The highest BCUT2D eigenvalue weighted by Crippen LogP contribution is 2.45. The third-order valence-corrected chi connectivity index (χ3v) is 6.61. The lowest BCUT2D eigenvalue weighted by Crippen LogP contribution is -2.50. The van der Waals surface area contributed by atoms with Crippen LogP contribution >= 0.6 is 0 Å². The summed E-state index contributed by atoms with van der Waals surface area (Å²) in [5, 5.41) is 9.18. The first-order chi connectivity index (χ1) is 10.3. The average molecular weight is 324 g/mol. The van der Waals surface area contributed by atoms with Crippen LogP contribution in [0.15, 0.2) is 18.2 Å². The van der Waals surface area contributed by atoms with Crippen LogP contribution in [0.4, 0.5) is 4.39 Å². The average Bonchev–Trinajstić information content (AvgIpc) is 2.74. The predicted molar refractivity (Wildman–Crippen MR) is 88.3 cm³/mol. The van der Waals surface area contributed by atoms with E-state index in [2.05, 4.69) is 5.32 Å². The zero-order valence-corrected chi connectivity index (χ0v) is 14.1. The Hall–Kier alpha value is -0.620. The van der Waals surface area contributed by atoms with Crippen molar-refractivity contribution in [3.8, 4) is 0 Å². The van der Waals surface area contributed by atoms with Gasteiger partial charge >= 0.3 is 0 Å². The Bertz CT molecular complexity index is 564. The molecule has 22 heavy (non-hydrogen) atoms. The first kappa shape index (κ1) is 16.2. The van der Waals surface area contributed by atoms with Crippen molar-refractivity contribution in [2.75, 3.05) is 6.54 Å². The molecule has 3 nitrogen and oxygen atoms in total. The Morgan fingerprint density at radius 3 is 2.86 bits per heavy atom. The summed E-state index contributed by atoms with van der Waals surface area (Å²) < 4.78 is 24.8. The van der Waals surface area contributed by atoms with Crippen LogP contribution in [0, 0.1) is 11.2 Å². The lowest BCUT2D eigenvalue weighted by Gasteiger charge is -2.41. The van der Waals surface area contributed by atoms with Gasteiger partial charge in [0.15, 0.2) is 0 Å². The van der Waals surface area contributed by atoms with E-state index in [0.29, 0.717) is 6.04 Å². The summed E-state index contributed by atoms with van der Waals surface area (Å²) >= 11 is -1.32. The number of rotatable bonds is 3. The highest BCUT2D eigenvalue weighted by Gasteiger charge is 2.43. The Morgan fingerprint density at radius 2 is 2.14 bits per heavy atom. The van der Waals surface area contributed by atoms with Crippen molar-refractivity contribution in [1.82, 2.24) is 5.32 Å². The SMILES string of the molecule is CC(C)(CC1CC2(CCN1)Cc1ccc(F)cc1C2)[S@+](N)[O-]. The van der Waals surface area contributed by atoms with Crippen molar-refractivity contribution >= 4 is 11.4 Å². The van der Waals surface area contributed by atoms with Gasteiger partial charge in [-0.3, -0.25) is 0 Å². The molecule has 1 heterocycles. The maximum absolute atomic E-state index is 13.4. The fourth-order valence-corrected chi connectivity index (χ4v) is 4.55. The molecule has 1 aliphatic heterocycles. The minimum atomic E-state index is -1.32. The maximum Gasteiger partial charge on any atom is 0.140 e. The van der Waals surface area contributed by atoms with Crippen LogP contribution in [-0.2, 0) is 24.2 Å². The number of halogens is 1. The number of hydrogen-bond acceptors (Lipinski definition) is 3. The summed E-state index contributed by atoms with van der Waals surface area (Å²) in [6.07, 6.45) is 4.97. The lowest BCUT2D eigenvalue weighted by atomic mass is 9.72. The summed E-state index contributed by atoms with van der Waals surface area (Å²) in [6.45, 7) is 4.89. The molecule has 0 aromatic heterocycles. The normalized spacial score (nSPS) is 29.6. The molecule has 3 rings (SSSR count). The van der Waals surface area contributed by atoms with Crippen molar-refractivity contribution in [1.29, 1.82) is 0 Å². The summed E-state index contributed by atoms with van der Waals surface area (Å²) in [5.74, 6) is -0.138. The Kier molecular flexibility index (Phi) is 4.27. The van der Waals surface area contributed by atoms with Crippen molar-refractivity contribution in [2.24, 2.45) is 10.6 Å². The third-order valence-electron chi connectivity index (χ3n) is 5.35. The molecule has 1 aliphatic carbocycles. The second-order valence-electron chi connectivity index (χ2n) is 7.63. The molecule has 0 bridgehead atoms. The fraction of sp³-hybridized carbons (Fsp3) is 0.647. The van der Waals surface area contributed by atoms with Gasteiger partial charge in [-0.15, -0.1) is 0 Å². The van der Waals surface area contributed by atoms with Crippen LogP contribution in [0.2, 0.25) is 0 Å². The summed E-state index contributed by atoms with van der Waals surface area (Å²) in [7, 11) is 0. The maximum atomic E-state index is 13.4. The quantitative estimate of drug-likeness (QED) is 0.840. The molecule has 0 amide bonds. The van der Waals surface area contributed by atoms with Crippen LogP contribution in [0.25, 0.3) is 0 Å². The van der Waals surface area contributed by atoms with Crippen molar-refractivity contribution in [2.45, 2.75) is 56.7 Å². The molecule has 1 saturated heterocycles. The fourth-order valence-electron chi connectivity index (χ4n) is 4.18. The van der Waals surface area contributed by atoms with Crippen LogP contribution in [0.1, 0.15) is 44.2 Å². The molecule has 2 unspecified atom stereocenters. The molecule has 0 radical (unpaired) electrons. The second kappa shape index (κ2) is 5.78. The summed E-state index contributed by atoms with van der Waals surface area (Å²) in [5.41, 5.74) is 2.70. The van der Waals surface area contributed by atoms with Gasteiger partial charge in [-0.25, -0.2) is 4.39 Å². The third kappa shape index (κ3) is 3.18. The molecule has 5 heteroatoms. The van der Waals surface area contributed by atoms with Gasteiger partial charge < -0.3 is 9.87 Å². The van der Waals surface area contributed by atoms with Crippen molar-refractivity contribution in [3.63, 3.8) is 0 Å². The summed E-state index contributed by atoms with van der Waals surface area (Å²) in [4.78, 5) is 0. The van der Waals surface area contributed by atoms with Gasteiger partial charge in [0.25, 0.3) is 0 Å². The monoisotopic (exact) mass is 324 g/mol. The van der Waals surface area contributed by atoms with E-state index in [-0.39, 0.29) is 16.0 Å². The number of benzene rings is 1. The molecular formula is C17H25FN2OS. The zero-order chi connectivity index (χ0) is 16.0. The van der Waals surface area contributed by atoms with E-state index in [0.717, 1.165) is 38.6 Å². The molecule has 1 spiro atoms. The zero-order valence-electron chi connectivity index (χ0n) is 13.3. The van der Waals surface area contributed by atoms with Gasteiger partial charge in [0.05, 0.1) is 0 Å². The molecule has 1 fully saturated rings. The van der Waals surface area contributed by atoms with E-state index >= 15 is 0 Å². The molecular weight excluding hydrogens is 299 g/mol. The first-order valence-electron chi connectivity index (χ1n) is 7.97. The van der Waals surface area contributed by atoms with E-state index in [9.17, 15) is 8.94 Å². The molecule has 3 N–H and O–H groups in total. The second-order valence-corrected chi connectivity index (χ2v) is 9.33. The van der Waals surface area contributed by atoms with Gasteiger partial charge in [-0.2, -0.15) is 5.14 Å². The molecule has 122 valence electrons. The van der Waals surface area contributed by atoms with Gasteiger partial charge in [0.1, 0.15) is 10.6 Å². The summed E-state index contributed by atoms with van der Waals surface area (Å²) in [6, 6.07) is 5.53.